The molecule has 2 heterocycles. The summed E-state index contributed by atoms with van der Waals surface area (Å²) >= 11 is 0. The Morgan fingerprint density at radius 3 is 2.70 bits per heavy atom. The highest BCUT2D eigenvalue weighted by molar-refractivity contribution is 5.69. The van der Waals surface area contributed by atoms with Crippen LogP contribution >= 0.6 is 0 Å². The molecule has 1 saturated carbocycles. The van der Waals surface area contributed by atoms with Crippen LogP contribution < -0.4 is 5.32 Å². The van der Waals surface area contributed by atoms with Gasteiger partial charge in [-0.05, 0) is 25.7 Å². The highest BCUT2D eigenvalue weighted by Crippen LogP contribution is 2.38. The molecular formula is C13H15F3N4. The number of alkyl halides is 3. The van der Waals surface area contributed by atoms with Crippen LogP contribution in [0.3, 0.4) is 0 Å². The second-order valence-electron chi connectivity index (χ2n) is 5.25. The Hall–Kier alpha value is -1.79. The van der Waals surface area contributed by atoms with Crippen molar-refractivity contribution in [3.63, 3.8) is 0 Å². The van der Waals surface area contributed by atoms with Crippen LogP contribution in [0.5, 0.6) is 0 Å². The first kappa shape index (κ1) is 13.2. The molecule has 0 unspecified atom stereocenters. The Labute approximate surface area is 114 Å². The molecule has 0 amide bonds. The Kier molecular flexibility index (Phi) is 2.88. The van der Waals surface area contributed by atoms with Gasteiger partial charge in [-0.15, -0.1) is 0 Å². The minimum Gasteiger partial charge on any atom is -0.363 e. The molecular weight excluding hydrogens is 269 g/mol. The molecule has 4 nitrogen and oxygen atoms in total. The Balaban J connectivity index is 2.01. The summed E-state index contributed by atoms with van der Waals surface area (Å²) in [5.74, 6) is 0.469. The quantitative estimate of drug-likeness (QED) is 0.938. The van der Waals surface area contributed by atoms with Crippen molar-refractivity contribution in [3.8, 4) is 0 Å². The predicted molar refractivity (Wildman–Crippen MR) is 68.5 cm³/mol. The van der Waals surface area contributed by atoms with Gasteiger partial charge in [-0.1, -0.05) is 6.92 Å². The van der Waals surface area contributed by atoms with Crippen LogP contribution in [0.4, 0.5) is 19.0 Å². The van der Waals surface area contributed by atoms with Gasteiger partial charge in [0.1, 0.15) is 5.52 Å². The normalized spacial score (nSPS) is 18.0. The van der Waals surface area contributed by atoms with E-state index in [1.165, 1.54) is 16.9 Å². The molecule has 1 aliphatic carbocycles. The average Bonchev–Trinajstić information content (AvgIpc) is 2.78. The van der Waals surface area contributed by atoms with Crippen molar-refractivity contribution in [1.82, 2.24) is 14.6 Å². The Bertz CT molecular complexity index is 623. The summed E-state index contributed by atoms with van der Waals surface area (Å²) in [5.41, 5.74) is -0.565. The third-order valence-electron chi connectivity index (χ3n) is 4.05. The zero-order valence-corrected chi connectivity index (χ0v) is 11.0. The first-order valence-electron chi connectivity index (χ1n) is 6.63. The van der Waals surface area contributed by atoms with E-state index in [0.717, 1.165) is 31.7 Å². The van der Waals surface area contributed by atoms with Gasteiger partial charge in [0.05, 0.1) is 0 Å². The zero-order chi connectivity index (χ0) is 14.4. The average molecular weight is 284 g/mol. The highest BCUT2D eigenvalue weighted by atomic mass is 19.4. The third kappa shape index (κ3) is 2.10. The van der Waals surface area contributed by atoms with Gasteiger partial charge in [-0.3, -0.25) is 0 Å². The molecule has 0 atom stereocenters. The molecule has 3 rings (SSSR count). The lowest BCUT2D eigenvalue weighted by Gasteiger charge is -2.42. The molecule has 2 aromatic heterocycles. The number of halogens is 3. The maximum absolute atomic E-state index is 12.7. The van der Waals surface area contributed by atoms with Crippen molar-refractivity contribution in [1.29, 1.82) is 0 Å². The zero-order valence-electron chi connectivity index (χ0n) is 11.0. The summed E-state index contributed by atoms with van der Waals surface area (Å²) in [6.07, 6.45) is 2.55. The fraction of sp³-hybridized carbons (Fsp3) is 0.538. The number of rotatable bonds is 3. The second-order valence-corrected chi connectivity index (χ2v) is 5.25. The van der Waals surface area contributed by atoms with E-state index in [1.807, 2.05) is 0 Å². The number of aromatic nitrogens is 3. The molecule has 0 saturated heterocycles. The van der Waals surface area contributed by atoms with E-state index >= 15 is 0 Å². The van der Waals surface area contributed by atoms with Crippen LogP contribution in [0.1, 0.15) is 38.3 Å². The molecule has 0 bridgehead atoms. The van der Waals surface area contributed by atoms with Crippen molar-refractivity contribution in [3.05, 3.63) is 24.2 Å². The summed E-state index contributed by atoms with van der Waals surface area (Å²) in [5, 5.41) is 6.87. The van der Waals surface area contributed by atoms with E-state index in [1.54, 1.807) is 0 Å². The SMILES string of the molecule is CCC1(Nc2nccn3nc(C(F)(F)F)cc23)CCC1. The monoisotopic (exact) mass is 284 g/mol. The Morgan fingerprint density at radius 1 is 1.40 bits per heavy atom. The van der Waals surface area contributed by atoms with Gasteiger partial charge in [0, 0.05) is 24.0 Å². The van der Waals surface area contributed by atoms with Gasteiger partial charge in [0.15, 0.2) is 11.5 Å². The third-order valence-corrected chi connectivity index (χ3v) is 4.05. The van der Waals surface area contributed by atoms with Gasteiger partial charge in [0.2, 0.25) is 0 Å². The summed E-state index contributed by atoms with van der Waals surface area (Å²) in [6, 6.07) is 1.04. The predicted octanol–water partition coefficient (Wildman–Crippen LogP) is 3.49. The fourth-order valence-electron chi connectivity index (χ4n) is 2.58. The largest absolute Gasteiger partial charge is 0.435 e. The molecule has 0 radical (unpaired) electrons. The van der Waals surface area contributed by atoms with Crippen LogP contribution in [0.2, 0.25) is 0 Å². The lowest BCUT2D eigenvalue weighted by molar-refractivity contribution is -0.141. The number of hydrogen-bond donors (Lipinski definition) is 1. The summed E-state index contributed by atoms with van der Waals surface area (Å²) < 4.78 is 39.4. The van der Waals surface area contributed by atoms with Crippen molar-refractivity contribution in [2.45, 2.75) is 44.3 Å². The maximum atomic E-state index is 12.7. The van der Waals surface area contributed by atoms with Crippen molar-refractivity contribution >= 4 is 11.3 Å². The molecule has 1 N–H and O–H groups in total. The molecule has 0 spiro atoms. The number of nitrogens with one attached hydrogen (secondary N) is 1. The maximum Gasteiger partial charge on any atom is 0.435 e. The van der Waals surface area contributed by atoms with Crippen LogP contribution in [-0.2, 0) is 6.18 Å². The molecule has 1 aliphatic rings. The second kappa shape index (κ2) is 4.36. The van der Waals surface area contributed by atoms with Gasteiger partial charge >= 0.3 is 6.18 Å². The topological polar surface area (TPSA) is 42.2 Å². The van der Waals surface area contributed by atoms with Crippen LogP contribution in [0.15, 0.2) is 18.5 Å². The van der Waals surface area contributed by atoms with E-state index < -0.39 is 11.9 Å². The lowest BCUT2D eigenvalue weighted by Crippen LogP contribution is -2.44. The van der Waals surface area contributed by atoms with Crippen LogP contribution in [-0.4, -0.2) is 20.1 Å². The first-order valence-corrected chi connectivity index (χ1v) is 6.63. The van der Waals surface area contributed by atoms with Gasteiger partial charge in [-0.2, -0.15) is 18.3 Å². The van der Waals surface area contributed by atoms with E-state index in [9.17, 15) is 13.2 Å². The molecule has 7 heteroatoms. The van der Waals surface area contributed by atoms with Crippen molar-refractivity contribution in [2.75, 3.05) is 5.32 Å². The minimum atomic E-state index is -4.44. The number of fused-ring (bicyclic) bond motifs is 1. The summed E-state index contributed by atoms with van der Waals surface area (Å²) in [4.78, 5) is 4.18. The highest BCUT2D eigenvalue weighted by Gasteiger charge is 2.37. The molecule has 0 aromatic carbocycles. The van der Waals surface area contributed by atoms with Crippen molar-refractivity contribution in [2.24, 2.45) is 0 Å². The first-order chi connectivity index (χ1) is 9.43. The van der Waals surface area contributed by atoms with Gasteiger partial charge in [-0.25, -0.2) is 9.50 Å². The standard InChI is InChI=1S/C13H15F3N4/c1-2-12(4-3-5-12)18-11-9-8-10(13(14,15)16)19-20(9)7-6-17-11/h6-8H,2-5H2,1H3,(H,17,18). The van der Waals surface area contributed by atoms with E-state index in [0.29, 0.717) is 11.3 Å². The van der Waals surface area contributed by atoms with E-state index in [2.05, 4.69) is 22.3 Å². The van der Waals surface area contributed by atoms with Crippen LogP contribution in [0.25, 0.3) is 5.52 Å². The van der Waals surface area contributed by atoms with Crippen LogP contribution in [0, 0.1) is 0 Å². The summed E-state index contributed by atoms with van der Waals surface area (Å²) in [7, 11) is 0. The number of anilines is 1. The number of hydrogen-bond acceptors (Lipinski definition) is 3. The molecule has 0 aliphatic heterocycles. The van der Waals surface area contributed by atoms with Gasteiger partial charge < -0.3 is 5.32 Å². The smallest absolute Gasteiger partial charge is 0.363 e. The molecule has 1 fully saturated rings. The van der Waals surface area contributed by atoms with E-state index in [-0.39, 0.29) is 5.54 Å². The molecule has 2 aromatic rings. The van der Waals surface area contributed by atoms with E-state index in [4.69, 9.17) is 0 Å². The lowest BCUT2D eigenvalue weighted by atomic mass is 9.75. The van der Waals surface area contributed by atoms with Gasteiger partial charge in [0.25, 0.3) is 0 Å². The Morgan fingerprint density at radius 2 is 2.15 bits per heavy atom. The fourth-order valence-corrected chi connectivity index (χ4v) is 2.58. The number of nitrogens with zero attached hydrogens (tertiary/aromatic N) is 3. The molecule has 108 valence electrons. The van der Waals surface area contributed by atoms with Crippen molar-refractivity contribution < 1.29 is 13.2 Å². The minimum absolute atomic E-state index is 0.0302. The molecule has 20 heavy (non-hydrogen) atoms. The summed E-state index contributed by atoms with van der Waals surface area (Å²) in [6.45, 7) is 2.07.